The van der Waals surface area contributed by atoms with Crippen molar-refractivity contribution in [3.8, 4) is 0 Å². The summed E-state index contributed by atoms with van der Waals surface area (Å²) in [6.07, 6.45) is 5.91. The lowest BCUT2D eigenvalue weighted by atomic mass is 9.73. The van der Waals surface area contributed by atoms with Gasteiger partial charge in [-0.2, -0.15) is 0 Å². The highest BCUT2D eigenvalue weighted by Crippen LogP contribution is 2.73. The van der Waals surface area contributed by atoms with Gasteiger partial charge >= 0.3 is 6.03 Å². The smallest absolute Gasteiger partial charge is 0.321 e. The summed E-state index contributed by atoms with van der Waals surface area (Å²) in [4.78, 5) is 27.7. The second kappa shape index (κ2) is 5.42. The molecule has 3 aliphatic rings. The number of carbonyl (C=O) groups excluding carboxylic acids is 2. The molecule has 8 heteroatoms. The van der Waals surface area contributed by atoms with Crippen molar-refractivity contribution in [2.75, 3.05) is 5.32 Å². The predicted molar refractivity (Wildman–Crippen MR) is 88.8 cm³/mol. The summed E-state index contributed by atoms with van der Waals surface area (Å²) in [5, 5.41) is 16.7. The molecule has 1 spiro atoms. The SMILES string of the molecule is CC1CC2(NC(=O)Nc3nc(CC(=O)NO)cs3)CC3CC3(C1)C2. The lowest BCUT2D eigenvalue weighted by Gasteiger charge is -2.40. The van der Waals surface area contributed by atoms with E-state index in [0.29, 0.717) is 22.2 Å². The fourth-order valence-corrected chi connectivity index (χ4v) is 5.94. The number of hydroxylamine groups is 1. The molecule has 4 rings (SSSR count). The fourth-order valence-electron chi connectivity index (χ4n) is 5.23. The van der Waals surface area contributed by atoms with Crippen molar-refractivity contribution < 1.29 is 14.8 Å². The third kappa shape index (κ3) is 2.77. The van der Waals surface area contributed by atoms with Gasteiger partial charge in [-0.05, 0) is 49.4 Å². The first-order chi connectivity index (χ1) is 11.4. The summed E-state index contributed by atoms with van der Waals surface area (Å²) >= 11 is 1.27. The van der Waals surface area contributed by atoms with Crippen molar-refractivity contribution in [2.45, 2.75) is 51.0 Å². The molecule has 4 atom stereocenters. The highest BCUT2D eigenvalue weighted by Gasteiger charge is 2.67. The molecule has 24 heavy (non-hydrogen) atoms. The second-order valence-corrected chi connectivity index (χ2v) is 8.73. The van der Waals surface area contributed by atoms with Crippen molar-refractivity contribution in [3.05, 3.63) is 11.1 Å². The molecule has 0 aliphatic heterocycles. The van der Waals surface area contributed by atoms with Crippen molar-refractivity contribution >= 4 is 28.4 Å². The van der Waals surface area contributed by atoms with Crippen LogP contribution >= 0.6 is 11.3 Å². The van der Waals surface area contributed by atoms with E-state index in [1.807, 2.05) is 0 Å². The third-order valence-electron chi connectivity index (χ3n) is 5.80. The summed E-state index contributed by atoms with van der Waals surface area (Å²) in [5.41, 5.74) is 2.55. The van der Waals surface area contributed by atoms with Gasteiger partial charge < -0.3 is 5.32 Å². The van der Waals surface area contributed by atoms with Crippen molar-refractivity contribution in [2.24, 2.45) is 17.3 Å². The summed E-state index contributed by atoms with van der Waals surface area (Å²) in [5.74, 6) is 0.933. The second-order valence-electron chi connectivity index (χ2n) is 7.87. The first kappa shape index (κ1) is 15.8. The molecular formula is C16H22N4O3S. The molecule has 1 heterocycles. The summed E-state index contributed by atoms with van der Waals surface area (Å²) < 4.78 is 0. The van der Waals surface area contributed by atoms with Crippen LogP contribution in [0.5, 0.6) is 0 Å². The Morgan fingerprint density at radius 2 is 2.21 bits per heavy atom. The molecule has 2 bridgehead atoms. The van der Waals surface area contributed by atoms with Crippen molar-refractivity contribution in [3.63, 3.8) is 0 Å². The van der Waals surface area contributed by atoms with E-state index >= 15 is 0 Å². The van der Waals surface area contributed by atoms with Crippen LogP contribution in [0.2, 0.25) is 0 Å². The van der Waals surface area contributed by atoms with E-state index in [9.17, 15) is 9.59 Å². The monoisotopic (exact) mass is 350 g/mol. The number of urea groups is 1. The van der Waals surface area contributed by atoms with E-state index in [0.717, 1.165) is 25.2 Å². The van der Waals surface area contributed by atoms with E-state index in [4.69, 9.17) is 5.21 Å². The zero-order chi connectivity index (χ0) is 16.9. The van der Waals surface area contributed by atoms with Crippen LogP contribution in [0.15, 0.2) is 5.38 Å². The molecule has 4 unspecified atom stereocenters. The number of amides is 3. The Hall–Kier alpha value is -1.67. The minimum Gasteiger partial charge on any atom is -0.332 e. The largest absolute Gasteiger partial charge is 0.332 e. The van der Waals surface area contributed by atoms with Crippen LogP contribution in [0.4, 0.5) is 9.93 Å². The highest BCUT2D eigenvalue weighted by atomic mass is 32.1. The normalized spacial score (nSPS) is 35.9. The van der Waals surface area contributed by atoms with Crippen LogP contribution < -0.4 is 16.1 Å². The molecule has 0 radical (unpaired) electrons. The van der Waals surface area contributed by atoms with Crippen LogP contribution in [0, 0.1) is 17.3 Å². The lowest BCUT2D eigenvalue weighted by molar-refractivity contribution is -0.128. The number of aromatic nitrogens is 1. The van der Waals surface area contributed by atoms with Gasteiger partial charge in [-0.15, -0.1) is 11.3 Å². The van der Waals surface area contributed by atoms with E-state index in [2.05, 4.69) is 22.5 Å². The zero-order valence-corrected chi connectivity index (χ0v) is 14.4. The predicted octanol–water partition coefficient (Wildman–Crippen LogP) is 2.28. The molecule has 3 fully saturated rings. The molecule has 0 aromatic carbocycles. The molecule has 1 aromatic rings. The van der Waals surface area contributed by atoms with Gasteiger partial charge in [0.2, 0.25) is 5.91 Å². The first-order valence-electron chi connectivity index (χ1n) is 8.39. The van der Waals surface area contributed by atoms with Gasteiger partial charge in [-0.25, -0.2) is 15.3 Å². The standard InChI is InChI=1S/C16H22N4O3S/c1-9-3-15-5-10(15)6-16(4-9,8-15)19-13(22)18-14-17-11(7-24-14)2-12(21)20-23/h7,9-10,23H,2-6,8H2,1H3,(H,20,21)(H2,17,18,19,22). The van der Waals surface area contributed by atoms with E-state index in [1.54, 1.807) is 10.9 Å². The van der Waals surface area contributed by atoms with Crippen LogP contribution in [0.3, 0.4) is 0 Å². The number of thiazole rings is 1. The van der Waals surface area contributed by atoms with Gasteiger partial charge in [0.15, 0.2) is 5.13 Å². The third-order valence-corrected chi connectivity index (χ3v) is 6.60. The van der Waals surface area contributed by atoms with Gasteiger partial charge in [-0.1, -0.05) is 6.92 Å². The Kier molecular flexibility index (Phi) is 3.58. The molecule has 1 aromatic heterocycles. The molecule has 0 saturated heterocycles. The number of rotatable bonds is 4. The number of hydrogen-bond acceptors (Lipinski definition) is 5. The van der Waals surface area contributed by atoms with Crippen molar-refractivity contribution in [1.29, 1.82) is 0 Å². The summed E-state index contributed by atoms with van der Waals surface area (Å²) in [7, 11) is 0. The van der Waals surface area contributed by atoms with Crippen LogP contribution in [0.1, 0.15) is 44.7 Å². The first-order valence-corrected chi connectivity index (χ1v) is 9.26. The van der Waals surface area contributed by atoms with E-state index in [-0.39, 0.29) is 18.0 Å². The molecule has 4 N–H and O–H groups in total. The Morgan fingerprint density at radius 3 is 3.00 bits per heavy atom. The van der Waals surface area contributed by atoms with Gasteiger partial charge in [0.05, 0.1) is 12.1 Å². The highest BCUT2D eigenvalue weighted by molar-refractivity contribution is 7.13. The number of fused-ring (bicyclic) bond motifs is 1. The summed E-state index contributed by atoms with van der Waals surface area (Å²) in [6.45, 7) is 2.29. The minimum absolute atomic E-state index is 0.0120. The van der Waals surface area contributed by atoms with Gasteiger partial charge in [0, 0.05) is 10.9 Å². The van der Waals surface area contributed by atoms with E-state index in [1.165, 1.54) is 24.2 Å². The van der Waals surface area contributed by atoms with Crippen LogP contribution in [-0.2, 0) is 11.2 Å². The average Bonchev–Trinajstić information content (AvgIpc) is 2.84. The van der Waals surface area contributed by atoms with Crippen LogP contribution in [-0.4, -0.2) is 27.7 Å². The zero-order valence-electron chi connectivity index (χ0n) is 13.6. The molecule has 7 nitrogen and oxygen atoms in total. The topological polar surface area (TPSA) is 103 Å². The number of hydrogen-bond donors (Lipinski definition) is 4. The molecular weight excluding hydrogens is 328 g/mol. The molecule has 130 valence electrons. The Morgan fingerprint density at radius 1 is 1.38 bits per heavy atom. The Bertz CT molecular complexity index is 689. The maximum atomic E-state index is 12.4. The Balaban J connectivity index is 1.36. The lowest BCUT2D eigenvalue weighted by Crippen LogP contribution is -2.52. The minimum atomic E-state index is -0.526. The average molecular weight is 350 g/mol. The number of anilines is 1. The number of carbonyl (C=O) groups is 2. The fraction of sp³-hybridized carbons (Fsp3) is 0.688. The summed E-state index contributed by atoms with van der Waals surface area (Å²) in [6, 6.07) is -0.215. The van der Waals surface area contributed by atoms with Crippen molar-refractivity contribution in [1.82, 2.24) is 15.8 Å². The maximum Gasteiger partial charge on any atom is 0.321 e. The van der Waals surface area contributed by atoms with Crippen LogP contribution in [0.25, 0.3) is 0 Å². The molecule has 3 saturated carbocycles. The Labute approximate surface area is 144 Å². The van der Waals surface area contributed by atoms with E-state index < -0.39 is 5.91 Å². The molecule has 3 aliphatic carbocycles. The quantitative estimate of drug-likeness (QED) is 0.494. The number of nitrogens with zero attached hydrogens (tertiary/aromatic N) is 1. The molecule has 3 amide bonds. The van der Waals surface area contributed by atoms with Gasteiger partial charge in [0.25, 0.3) is 0 Å². The number of nitrogens with one attached hydrogen (secondary N) is 3. The van der Waals surface area contributed by atoms with Gasteiger partial charge in [-0.3, -0.25) is 15.3 Å². The maximum absolute atomic E-state index is 12.4. The van der Waals surface area contributed by atoms with Gasteiger partial charge in [0.1, 0.15) is 0 Å².